The molecule has 0 aromatic heterocycles. The summed E-state index contributed by atoms with van der Waals surface area (Å²) in [5.41, 5.74) is 7.74. The minimum atomic E-state index is -0.796. The number of benzene rings is 1. The Balaban J connectivity index is 2.11. The van der Waals surface area contributed by atoms with Gasteiger partial charge in [-0.3, -0.25) is 0 Å². The summed E-state index contributed by atoms with van der Waals surface area (Å²) in [7, 11) is 0. The van der Waals surface area contributed by atoms with E-state index in [4.69, 9.17) is 5.73 Å². The van der Waals surface area contributed by atoms with Crippen molar-refractivity contribution in [2.24, 2.45) is 5.73 Å². The summed E-state index contributed by atoms with van der Waals surface area (Å²) >= 11 is 0. The van der Waals surface area contributed by atoms with E-state index >= 15 is 0 Å². The normalized spacial score (nSPS) is 20.5. The van der Waals surface area contributed by atoms with E-state index in [1.165, 1.54) is 17.7 Å². The molecule has 1 aliphatic carbocycles. The van der Waals surface area contributed by atoms with Crippen molar-refractivity contribution in [2.75, 3.05) is 0 Å². The molecule has 0 saturated carbocycles. The Morgan fingerprint density at radius 1 is 1.27 bits per heavy atom. The predicted molar refractivity (Wildman–Crippen MR) is 55.4 cm³/mol. The summed E-state index contributed by atoms with van der Waals surface area (Å²) in [6.45, 7) is 0. The zero-order valence-electron chi connectivity index (χ0n) is 8.34. The summed E-state index contributed by atoms with van der Waals surface area (Å²) in [5, 5.41) is 0. The highest BCUT2D eigenvalue weighted by molar-refractivity contribution is 5.26. The second-order valence-electron chi connectivity index (χ2n) is 3.95. The van der Waals surface area contributed by atoms with Gasteiger partial charge in [-0.2, -0.15) is 0 Å². The number of rotatable bonds is 2. The second-order valence-corrected chi connectivity index (χ2v) is 3.95. The van der Waals surface area contributed by atoms with Crippen molar-refractivity contribution >= 4 is 0 Å². The van der Waals surface area contributed by atoms with Gasteiger partial charge in [-0.1, -0.05) is 17.7 Å². The van der Waals surface area contributed by atoms with E-state index < -0.39 is 11.6 Å². The smallest absolute Gasteiger partial charge is 0.159 e. The SMILES string of the molecule is NC1C=C(Cc2ccc(F)c(F)c2)CC1. The largest absolute Gasteiger partial charge is 0.324 e. The summed E-state index contributed by atoms with van der Waals surface area (Å²) in [6, 6.07) is 4.16. The van der Waals surface area contributed by atoms with Gasteiger partial charge in [-0.15, -0.1) is 0 Å². The number of hydrogen-bond donors (Lipinski definition) is 1. The van der Waals surface area contributed by atoms with E-state index in [9.17, 15) is 8.78 Å². The fourth-order valence-corrected chi connectivity index (χ4v) is 1.88. The van der Waals surface area contributed by atoms with E-state index in [1.54, 1.807) is 6.07 Å². The zero-order valence-corrected chi connectivity index (χ0v) is 8.34. The lowest BCUT2D eigenvalue weighted by molar-refractivity contribution is 0.507. The number of nitrogens with two attached hydrogens (primary N) is 1. The Kier molecular flexibility index (Phi) is 2.82. The fourth-order valence-electron chi connectivity index (χ4n) is 1.88. The molecule has 0 spiro atoms. The highest BCUT2D eigenvalue weighted by Gasteiger charge is 2.12. The van der Waals surface area contributed by atoms with Gasteiger partial charge in [-0.25, -0.2) is 8.78 Å². The molecule has 0 aliphatic heterocycles. The molecule has 0 amide bonds. The number of hydrogen-bond acceptors (Lipinski definition) is 1. The highest BCUT2D eigenvalue weighted by atomic mass is 19.2. The van der Waals surface area contributed by atoms with Gasteiger partial charge in [0.05, 0.1) is 0 Å². The average molecular weight is 209 g/mol. The third-order valence-corrected chi connectivity index (χ3v) is 2.66. The van der Waals surface area contributed by atoms with Gasteiger partial charge >= 0.3 is 0 Å². The molecule has 15 heavy (non-hydrogen) atoms. The number of halogens is 2. The third-order valence-electron chi connectivity index (χ3n) is 2.66. The van der Waals surface area contributed by atoms with Crippen LogP contribution < -0.4 is 5.73 Å². The molecule has 2 rings (SSSR count). The van der Waals surface area contributed by atoms with Crippen molar-refractivity contribution in [3.63, 3.8) is 0 Å². The van der Waals surface area contributed by atoms with Gasteiger partial charge in [0.15, 0.2) is 11.6 Å². The Bertz CT molecular complexity index is 399. The molecule has 1 aliphatic rings. The van der Waals surface area contributed by atoms with E-state index in [-0.39, 0.29) is 6.04 Å². The van der Waals surface area contributed by atoms with Crippen LogP contribution in [0.2, 0.25) is 0 Å². The van der Waals surface area contributed by atoms with Gasteiger partial charge in [0.25, 0.3) is 0 Å². The maximum atomic E-state index is 12.9. The molecule has 0 radical (unpaired) electrons. The van der Waals surface area contributed by atoms with Gasteiger partial charge in [0.2, 0.25) is 0 Å². The number of allylic oxidation sites excluding steroid dienone is 1. The molecule has 0 saturated heterocycles. The first-order valence-corrected chi connectivity index (χ1v) is 5.04. The van der Waals surface area contributed by atoms with Crippen molar-refractivity contribution in [1.29, 1.82) is 0 Å². The molecule has 1 atom stereocenters. The Labute approximate surface area is 87.6 Å². The van der Waals surface area contributed by atoms with Crippen LogP contribution in [0.1, 0.15) is 18.4 Å². The van der Waals surface area contributed by atoms with Crippen molar-refractivity contribution < 1.29 is 8.78 Å². The maximum Gasteiger partial charge on any atom is 0.159 e. The Hall–Kier alpha value is -1.22. The lowest BCUT2D eigenvalue weighted by Gasteiger charge is -2.02. The molecule has 0 heterocycles. The van der Waals surface area contributed by atoms with Crippen molar-refractivity contribution in [3.05, 3.63) is 47.0 Å². The molecular formula is C12H13F2N. The van der Waals surface area contributed by atoms with Gasteiger partial charge in [-0.05, 0) is 37.0 Å². The van der Waals surface area contributed by atoms with Crippen molar-refractivity contribution in [1.82, 2.24) is 0 Å². The quantitative estimate of drug-likeness (QED) is 0.744. The second kappa shape index (κ2) is 4.11. The first-order valence-electron chi connectivity index (χ1n) is 5.04. The first kappa shape index (κ1) is 10.3. The van der Waals surface area contributed by atoms with Gasteiger partial charge in [0.1, 0.15) is 0 Å². The van der Waals surface area contributed by atoms with Crippen molar-refractivity contribution in [2.45, 2.75) is 25.3 Å². The monoisotopic (exact) mass is 209 g/mol. The molecule has 1 aromatic carbocycles. The van der Waals surface area contributed by atoms with Gasteiger partial charge < -0.3 is 5.73 Å². The van der Waals surface area contributed by atoms with Crippen LogP contribution in [-0.4, -0.2) is 6.04 Å². The molecule has 1 nitrogen and oxygen atoms in total. The molecule has 80 valence electrons. The van der Waals surface area contributed by atoms with E-state index in [1.807, 2.05) is 6.08 Å². The zero-order chi connectivity index (χ0) is 10.8. The summed E-state index contributed by atoms with van der Waals surface area (Å²) in [5.74, 6) is -1.58. The average Bonchev–Trinajstić information content (AvgIpc) is 2.58. The van der Waals surface area contributed by atoms with E-state index in [2.05, 4.69) is 0 Å². The van der Waals surface area contributed by atoms with Gasteiger partial charge in [0, 0.05) is 6.04 Å². The molecular weight excluding hydrogens is 196 g/mol. The minimum absolute atomic E-state index is 0.130. The minimum Gasteiger partial charge on any atom is -0.324 e. The van der Waals surface area contributed by atoms with Crippen LogP contribution in [0.3, 0.4) is 0 Å². The fraction of sp³-hybridized carbons (Fsp3) is 0.333. The standard InChI is InChI=1S/C12H13F2N/c13-11-4-2-9(7-12(11)14)5-8-1-3-10(15)6-8/h2,4,6-7,10H,1,3,5,15H2. The topological polar surface area (TPSA) is 26.0 Å². The lowest BCUT2D eigenvalue weighted by atomic mass is 10.0. The Morgan fingerprint density at radius 2 is 2.07 bits per heavy atom. The predicted octanol–water partition coefficient (Wildman–Crippen LogP) is 2.55. The molecule has 2 N–H and O–H groups in total. The summed E-state index contributed by atoms with van der Waals surface area (Å²) < 4.78 is 25.6. The van der Waals surface area contributed by atoms with Crippen LogP contribution in [-0.2, 0) is 6.42 Å². The lowest BCUT2D eigenvalue weighted by Crippen LogP contribution is -2.11. The molecule has 1 unspecified atom stereocenters. The summed E-state index contributed by atoms with van der Waals surface area (Å²) in [4.78, 5) is 0. The molecule has 3 heteroatoms. The molecule has 1 aromatic rings. The maximum absolute atomic E-state index is 12.9. The first-order chi connectivity index (χ1) is 7.15. The summed E-state index contributed by atoms with van der Waals surface area (Å²) in [6.07, 6.45) is 4.60. The molecule has 0 bridgehead atoms. The van der Waals surface area contributed by atoms with Crippen LogP contribution in [0.4, 0.5) is 8.78 Å². The third kappa shape index (κ3) is 2.42. The Morgan fingerprint density at radius 3 is 2.67 bits per heavy atom. The highest BCUT2D eigenvalue weighted by Crippen LogP contribution is 2.21. The van der Waals surface area contributed by atoms with E-state index in [0.29, 0.717) is 6.42 Å². The van der Waals surface area contributed by atoms with Crippen molar-refractivity contribution in [3.8, 4) is 0 Å². The van der Waals surface area contributed by atoms with E-state index in [0.717, 1.165) is 18.4 Å². The molecule has 0 fully saturated rings. The van der Waals surface area contributed by atoms with Crippen LogP contribution in [0.25, 0.3) is 0 Å². The van der Waals surface area contributed by atoms with Crippen LogP contribution in [0.15, 0.2) is 29.8 Å². The van der Waals surface area contributed by atoms with Crippen LogP contribution in [0.5, 0.6) is 0 Å². The van der Waals surface area contributed by atoms with Crippen LogP contribution >= 0.6 is 0 Å². The van der Waals surface area contributed by atoms with Crippen LogP contribution in [0, 0.1) is 11.6 Å².